The minimum absolute atomic E-state index is 0.00711. The summed E-state index contributed by atoms with van der Waals surface area (Å²) in [4.78, 5) is 21.1. The fraction of sp³-hybridized carbons (Fsp3) is 0.0909. The van der Waals surface area contributed by atoms with Crippen LogP contribution in [0, 0.1) is 10.1 Å². The van der Waals surface area contributed by atoms with Crippen LogP contribution in [0.3, 0.4) is 0 Å². The Hall–Kier alpha value is -4.40. The maximum atomic E-state index is 10.9. The summed E-state index contributed by atoms with van der Waals surface area (Å²) < 4.78 is 11.2. The van der Waals surface area contributed by atoms with Crippen LogP contribution in [0.1, 0.15) is 21.5 Å². The second kappa shape index (κ2) is 9.88. The molecule has 158 valence electrons. The van der Waals surface area contributed by atoms with Gasteiger partial charge in [0.25, 0.3) is 5.69 Å². The summed E-state index contributed by atoms with van der Waals surface area (Å²) in [5, 5.41) is 23.7. The van der Waals surface area contributed by atoms with E-state index in [-0.39, 0.29) is 17.9 Å². The van der Waals surface area contributed by atoms with Gasteiger partial charge in [-0.2, -0.15) is 5.10 Å². The molecule has 9 nitrogen and oxygen atoms in total. The number of benzene rings is 3. The van der Waals surface area contributed by atoms with Crippen molar-refractivity contribution in [2.75, 3.05) is 12.5 Å². The summed E-state index contributed by atoms with van der Waals surface area (Å²) >= 11 is 0. The molecule has 0 unspecified atom stereocenters. The SMILES string of the molecule is COc1cc(/C=N/Nc2ccc([N+](=O)[O-])cc2)ccc1OCc1ccc(C(=O)O)cc1. The van der Waals surface area contributed by atoms with E-state index in [0.717, 1.165) is 11.1 Å². The topological polar surface area (TPSA) is 123 Å². The lowest BCUT2D eigenvalue weighted by molar-refractivity contribution is -0.384. The van der Waals surface area contributed by atoms with E-state index in [4.69, 9.17) is 14.6 Å². The van der Waals surface area contributed by atoms with Crippen LogP contribution in [-0.4, -0.2) is 29.3 Å². The number of anilines is 1. The molecule has 3 aromatic rings. The van der Waals surface area contributed by atoms with Crippen LogP contribution in [-0.2, 0) is 6.61 Å². The maximum Gasteiger partial charge on any atom is 0.335 e. The first kappa shape index (κ1) is 21.3. The fourth-order valence-corrected chi connectivity index (χ4v) is 2.63. The molecule has 0 spiro atoms. The summed E-state index contributed by atoms with van der Waals surface area (Å²) in [6.07, 6.45) is 1.58. The first-order chi connectivity index (χ1) is 15.0. The molecule has 3 aromatic carbocycles. The third kappa shape index (κ3) is 5.80. The van der Waals surface area contributed by atoms with Crippen molar-refractivity contribution in [2.24, 2.45) is 5.10 Å². The van der Waals surface area contributed by atoms with Crippen molar-refractivity contribution in [2.45, 2.75) is 6.61 Å². The number of carboxylic acid groups (broad SMARTS) is 1. The van der Waals surface area contributed by atoms with Gasteiger partial charge < -0.3 is 14.6 Å². The average molecular weight is 421 g/mol. The maximum absolute atomic E-state index is 10.9. The van der Waals surface area contributed by atoms with Crippen LogP contribution in [0.5, 0.6) is 11.5 Å². The number of hydrogen-bond acceptors (Lipinski definition) is 7. The third-order valence-electron chi connectivity index (χ3n) is 4.27. The minimum atomic E-state index is -0.977. The number of aromatic carboxylic acids is 1. The molecule has 0 aromatic heterocycles. The second-order valence-corrected chi connectivity index (χ2v) is 6.38. The number of ether oxygens (including phenoxy) is 2. The lowest BCUT2D eigenvalue weighted by Gasteiger charge is -2.11. The van der Waals surface area contributed by atoms with Crippen LogP contribution in [0.2, 0.25) is 0 Å². The number of nitro benzene ring substituents is 1. The number of hydrazone groups is 1. The zero-order valence-corrected chi connectivity index (χ0v) is 16.5. The Kier molecular flexibility index (Phi) is 6.79. The van der Waals surface area contributed by atoms with E-state index in [1.54, 1.807) is 48.7 Å². The Labute approximate surface area is 177 Å². The van der Waals surface area contributed by atoms with Gasteiger partial charge in [-0.1, -0.05) is 12.1 Å². The van der Waals surface area contributed by atoms with Gasteiger partial charge in [0.15, 0.2) is 11.5 Å². The monoisotopic (exact) mass is 421 g/mol. The average Bonchev–Trinajstić information content (AvgIpc) is 2.78. The third-order valence-corrected chi connectivity index (χ3v) is 4.27. The summed E-state index contributed by atoms with van der Waals surface area (Å²) in [5.74, 6) is 0.0705. The van der Waals surface area contributed by atoms with Crippen molar-refractivity contribution >= 4 is 23.6 Å². The molecule has 0 saturated carbocycles. The van der Waals surface area contributed by atoms with Crippen LogP contribution >= 0.6 is 0 Å². The first-order valence-electron chi connectivity index (χ1n) is 9.13. The Morgan fingerprint density at radius 2 is 1.81 bits per heavy atom. The Morgan fingerprint density at radius 1 is 1.10 bits per heavy atom. The highest BCUT2D eigenvalue weighted by Crippen LogP contribution is 2.28. The van der Waals surface area contributed by atoms with E-state index >= 15 is 0 Å². The number of carbonyl (C=O) groups is 1. The number of methoxy groups -OCH3 is 1. The number of carboxylic acids is 1. The highest BCUT2D eigenvalue weighted by Gasteiger charge is 2.07. The highest BCUT2D eigenvalue weighted by atomic mass is 16.6. The zero-order chi connectivity index (χ0) is 22.2. The van der Waals surface area contributed by atoms with Gasteiger partial charge in [0.1, 0.15) is 6.61 Å². The molecule has 0 saturated heterocycles. The van der Waals surface area contributed by atoms with E-state index in [1.807, 2.05) is 0 Å². The largest absolute Gasteiger partial charge is 0.493 e. The van der Waals surface area contributed by atoms with Gasteiger partial charge in [-0.05, 0) is 53.6 Å². The smallest absolute Gasteiger partial charge is 0.335 e. The number of rotatable bonds is 9. The Bertz CT molecular complexity index is 1100. The van der Waals surface area contributed by atoms with E-state index < -0.39 is 10.9 Å². The lowest BCUT2D eigenvalue weighted by Crippen LogP contribution is -2.00. The lowest BCUT2D eigenvalue weighted by atomic mass is 10.1. The van der Waals surface area contributed by atoms with Gasteiger partial charge in [-0.15, -0.1) is 0 Å². The van der Waals surface area contributed by atoms with Gasteiger partial charge in [0.05, 0.1) is 29.5 Å². The van der Waals surface area contributed by atoms with Gasteiger partial charge in [0, 0.05) is 12.1 Å². The van der Waals surface area contributed by atoms with Gasteiger partial charge in [-0.25, -0.2) is 4.79 Å². The predicted octanol–water partition coefficient (Wildman–Crippen LogP) is 4.33. The van der Waals surface area contributed by atoms with E-state index in [1.165, 1.54) is 31.4 Å². The van der Waals surface area contributed by atoms with Crippen LogP contribution in [0.25, 0.3) is 0 Å². The Morgan fingerprint density at radius 3 is 2.42 bits per heavy atom. The molecular weight excluding hydrogens is 402 g/mol. The Balaban J connectivity index is 1.61. The quantitative estimate of drug-likeness (QED) is 0.299. The summed E-state index contributed by atoms with van der Waals surface area (Å²) in [7, 11) is 1.53. The molecule has 2 N–H and O–H groups in total. The number of hydrogen-bond donors (Lipinski definition) is 2. The highest BCUT2D eigenvalue weighted by molar-refractivity contribution is 5.87. The van der Waals surface area contributed by atoms with E-state index in [2.05, 4.69) is 10.5 Å². The molecule has 0 heterocycles. The van der Waals surface area contributed by atoms with Crippen molar-refractivity contribution in [3.8, 4) is 11.5 Å². The van der Waals surface area contributed by atoms with Crippen LogP contribution < -0.4 is 14.9 Å². The summed E-state index contributed by atoms with van der Waals surface area (Å²) in [5.41, 5.74) is 5.22. The predicted molar refractivity (Wildman–Crippen MR) is 115 cm³/mol. The van der Waals surface area contributed by atoms with Gasteiger partial charge >= 0.3 is 5.97 Å². The van der Waals surface area contributed by atoms with E-state index in [9.17, 15) is 14.9 Å². The molecule has 0 fully saturated rings. The molecule has 3 rings (SSSR count). The van der Waals surface area contributed by atoms with Crippen molar-refractivity contribution in [3.05, 3.63) is 93.5 Å². The van der Waals surface area contributed by atoms with Crippen LogP contribution in [0.15, 0.2) is 71.8 Å². The zero-order valence-electron chi connectivity index (χ0n) is 16.5. The summed E-state index contributed by atoms with van der Waals surface area (Å²) in [6.45, 7) is 0.255. The molecule has 0 amide bonds. The number of nitro groups is 1. The molecule has 0 aliphatic rings. The van der Waals surface area contributed by atoms with Gasteiger partial charge in [0.2, 0.25) is 0 Å². The fourth-order valence-electron chi connectivity index (χ4n) is 2.63. The summed E-state index contributed by atoms with van der Waals surface area (Å²) in [6, 6.07) is 17.7. The molecule has 0 bridgehead atoms. The minimum Gasteiger partial charge on any atom is -0.493 e. The molecule has 31 heavy (non-hydrogen) atoms. The molecule has 0 radical (unpaired) electrons. The molecular formula is C22H19N3O6. The molecule has 0 atom stereocenters. The van der Waals surface area contributed by atoms with Crippen molar-refractivity contribution in [3.63, 3.8) is 0 Å². The molecule has 0 aliphatic carbocycles. The van der Waals surface area contributed by atoms with Crippen molar-refractivity contribution in [1.82, 2.24) is 0 Å². The normalized spacial score (nSPS) is 10.6. The van der Waals surface area contributed by atoms with E-state index in [0.29, 0.717) is 17.2 Å². The van der Waals surface area contributed by atoms with Gasteiger partial charge in [-0.3, -0.25) is 15.5 Å². The first-order valence-corrected chi connectivity index (χ1v) is 9.13. The second-order valence-electron chi connectivity index (χ2n) is 6.38. The number of nitrogens with zero attached hydrogens (tertiary/aromatic N) is 2. The number of nitrogens with one attached hydrogen (secondary N) is 1. The standard InChI is InChI=1S/C22H19N3O6/c1-30-21-12-16(13-23-24-18-7-9-19(10-8-18)25(28)29)4-11-20(21)31-14-15-2-5-17(6-3-15)22(26)27/h2-13,24H,14H2,1H3,(H,26,27)/b23-13+. The number of non-ortho nitro benzene ring substituents is 1. The van der Waals surface area contributed by atoms with Crippen LogP contribution in [0.4, 0.5) is 11.4 Å². The molecule has 9 heteroatoms. The van der Waals surface area contributed by atoms with Crippen molar-refractivity contribution in [1.29, 1.82) is 0 Å². The molecule has 0 aliphatic heterocycles. The van der Waals surface area contributed by atoms with Crippen molar-refractivity contribution < 1.29 is 24.3 Å².